The Morgan fingerprint density at radius 1 is 1.17 bits per heavy atom. The lowest BCUT2D eigenvalue weighted by atomic mass is 9.97. The van der Waals surface area contributed by atoms with Crippen LogP contribution in [0, 0.1) is 17.6 Å². The summed E-state index contributed by atoms with van der Waals surface area (Å²) in [5, 5.41) is 2.99. The van der Waals surface area contributed by atoms with E-state index in [4.69, 9.17) is 0 Å². The average Bonchev–Trinajstić information content (AvgIpc) is 2.31. The lowest BCUT2D eigenvalue weighted by Gasteiger charge is -2.22. The van der Waals surface area contributed by atoms with Gasteiger partial charge in [-0.15, -0.1) is 0 Å². The van der Waals surface area contributed by atoms with E-state index in [9.17, 15) is 8.78 Å². The molecule has 102 valence electrons. The molecule has 0 spiro atoms. The summed E-state index contributed by atoms with van der Waals surface area (Å²) in [4.78, 5) is 0. The Morgan fingerprint density at radius 2 is 1.72 bits per heavy atom. The molecule has 0 saturated heterocycles. The van der Waals surface area contributed by atoms with Crippen molar-refractivity contribution in [3.05, 3.63) is 28.2 Å². The fourth-order valence-electron chi connectivity index (χ4n) is 1.86. The van der Waals surface area contributed by atoms with Crippen LogP contribution in [-0.4, -0.2) is 6.04 Å². The minimum Gasteiger partial charge on any atom is -0.378 e. The van der Waals surface area contributed by atoms with Crippen LogP contribution in [0.1, 0.15) is 40.0 Å². The van der Waals surface area contributed by atoms with Crippen molar-refractivity contribution in [3.63, 3.8) is 0 Å². The molecule has 1 N–H and O–H groups in total. The van der Waals surface area contributed by atoms with Gasteiger partial charge < -0.3 is 5.32 Å². The molecular formula is C14H20BrF2N. The largest absolute Gasteiger partial charge is 0.378 e. The van der Waals surface area contributed by atoms with Crippen molar-refractivity contribution < 1.29 is 8.78 Å². The Morgan fingerprint density at radius 3 is 2.17 bits per heavy atom. The van der Waals surface area contributed by atoms with E-state index in [-0.39, 0.29) is 11.7 Å². The van der Waals surface area contributed by atoms with Crippen molar-refractivity contribution in [2.24, 2.45) is 5.92 Å². The highest BCUT2D eigenvalue weighted by Gasteiger charge is 2.16. The molecule has 0 aliphatic rings. The molecule has 0 bridgehead atoms. The van der Waals surface area contributed by atoms with Crippen molar-refractivity contribution in [3.8, 4) is 0 Å². The average molecular weight is 320 g/mol. The molecule has 18 heavy (non-hydrogen) atoms. The standard InChI is InChI=1S/C14H20BrF2N/c1-4-9(3)6-11(5-2)18-14-12(16)7-10(15)8-13(14)17/h7-9,11,18H,4-6H2,1-3H3. The Labute approximate surface area is 116 Å². The Kier molecular flexibility index (Phi) is 6.06. The minimum absolute atomic E-state index is 0.0200. The van der Waals surface area contributed by atoms with E-state index in [0.29, 0.717) is 10.4 Å². The summed E-state index contributed by atoms with van der Waals surface area (Å²) in [7, 11) is 0. The minimum atomic E-state index is -0.551. The highest BCUT2D eigenvalue weighted by atomic mass is 79.9. The van der Waals surface area contributed by atoms with Gasteiger partial charge in [0.2, 0.25) is 0 Å². The van der Waals surface area contributed by atoms with E-state index < -0.39 is 11.6 Å². The molecule has 1 nitrogen and oxygen atoms in total. The quantitative estimate of drug-likeness (QED) is 0.744. The van der Waals surface area contributed by atoms with Crippen LogP contribution in [0.5, 0.6) is 0 Å². The Hall–Kier alpha value is -0.640. The zero-order valence-corrected chi connectivity index (χ0v) is 12.7. The van der Waals surface area contributed by atoms with Gasteiger partial charge in [0.1, 0.15) is 17.3 Å². The van der Waals surface area contributed by atoms with Gasteiger partial charge in [0.25, 0.3) is 0 Å². The molecule has 1 rings (SSSR count). The highest BCUT2D eigenvalue weighted by molar-refractivity contribution is 9.10. The fourth-order valence-corrected chi connectivity index (χ4v) is 2.27. The molecule has 0 saturated carbocycles. The van der Waals surface area contributed by atoms with Crippen molar-refractivity contribution in [2.75, 3.05) is 5.32 Å². The number of hydrogen-bond donors (Lipinski definition) is 1. The number of hydrogen-bond acceptors (Lipinski definition) is 1. The smallest absolute Gasteiger partial charge is 0.150 e. The van der Waals surface area contributed by atoms with Crippen LogP contribution in [0.4, 0.5) is 14.5 Å². The van der Waals surface area contributed by atoms with E-state index in [1.54, 1.807) is 0 Å². The van der Waals surface area contributed by atoms with E-state index in [0.717, 1.165) is 19.3 Å². The number of nitrogens with one attached hydrogen (secondary N) is 1. The molecule has 0 aromatic heterocycles. The van der Waals surface area contributed by atoms with Crippen molar-refractivity contribution in [2.45, 2.75) is 46.1 Å². The molecule has 0 aliphatic heterocycles. The summed E-state index contributed by atoms with van der Waals surface area (Å²) in [6.45, 7) is 6.30. The number of rotatable bonds is 6. The maximum atomic E-state index is 13.7. The van der Waals surface area contributed by atoms with Crippen LogP contribution < -0.4 is 5.32 Å². The van der Waals surface area contributed by atoms with E-state index in [2.05, 4.69) is 35.1 Å². The summed E-state index contributed by atoms with van der Waals surface area (Å²) >= 11 is 3.07. The van der Waals surface area contributed by atoms with Crippen LogP contribution in [0.15, 0.2) is 16.6 Å². The van der Waals surface area contributed by atoms with Gasteiger partial charge in [-0.25, -0.2) is 8.78 Å². The third kappa shape index (κ3) is 4.23. The molecule has 0 aliphatic carbocycles. The topological polar surface area (TPSA) is 12.0 Å². The predicted octanol–water partition coefficient (Wildman–Crippen LogP) is 5.35. The summed E-state index contributed by atoms with van der Waals surface area (Å²) in [6, 6.07) is 2.66. The molecule has 1 aromatic carbocycles. The van der Waals surface area contributed by atoms with Crippen LogP contribution in [-0.2, 0) is 0 Å². The van der Waals surface area contributed by atoms with E-state index >= 15 is 0 Å². The van der Waals surface area contributed by atoms with Gasteiger partial charge in [0.15, 0.2) is 0 Å². The van der Waals surface area contributed by atoms with Gasteiger partial charge in [-0.2, -0.15) is 0 Å². The lowest BCUT2D eigenvalue weighted by molar-refractivity contribution is 0.458. The summed E-state index contributed by atoms with van der Waals surface area (Å²) < 4.78 is 27.8. The molecule has 1 aromatic rings. The summed E-state index contributed by atoms with van der Waals surface area (Å²) in [5.74, 6) is -0.557. The van der Waals surface area contributed by atoms with Gasteiger partial charge in [0.05, 0.1) is 0 Å². The first-order valence-corrected chi connectivity index (χ1v) is 7.18. The zero-order chi connectivity index (χ0) is 13.7. The number of benzene rings is 1. The normalized spacial score (nSPS) is 14.3. The van der Waals surface area contributed by atoms with E-state index in [1.807, 2.05) is 6.92 Å². The maximum Gasteiger partial charge on any atom is 0.150 e. The van der Waals surface area contributed by atoms with E-state index in [1.165, 1.54) is 12.1 Å². The molecule has 2 unspecified atom stereocenters. The Balaban J connectivity index is 2.82. The number of halogens is 3. The van der Waals surface area contributed by atoms with Crippen molar-refractivity contribution >= 4 is 21.6 Å². The third-order valence-electron chi connectivity index (χ3n) is 3.23. The van der Waals surface area contributed by atoms with Gasteiger partial charge in [0, 0.05) is 10.5 Å². The molecular weight excluding hydrogens is 300 g/mol. The lowest BCUT2D eigenvalue weighted by Crippen LogP contribution is -2.22. The summed E-state index contributed by atoms with van der Waals surface area (Å²) in [5.41, 5.74) is -0.0200. The second-order valence-corrected chi connectivity index (χ2v) is 5.66. The second-order valence-electron chi connectivity index (χ2n) is 4.74. The molecule has 0 fully saturated rings. The second kappa shape index (κ2) is 7.07. The van der Waals surface area contributed by atoms with Crippen molar-refractivity contribution in [1.82, 2.24) is 0 Å². The van der Waals surface area contributed by atoms with Crippen molar-refractivity contribution in [1.29, 1.82) is 0 Å². The zero-order valence-electron chi connectivity index (χ0n) is 11.1. The predicted molar refractivity (Wildman–Crippen MR) is 75.8 cm³/mol. The van der Waals surface area contributed by atoms with Gasteiger partial charge in [-0.05, 0) is 30.9 Å². The third-order valence-corrected chi connectivity index (χ3v) is 3.69. The van der Waals surface area contributed by atoms with Crippen LogP contribution in [0.25, 0.3) is 0 Å². The van der Waals surface area contributed by atoms with Crippen LogP contribution in [0.3, 0.4) is 0 Å². The first-order chi connectivity index (χ1) is 8.47. The van der Waals surface area contributed by atoms with Gasteiger partial charge >= 0.3 is 0 Å². The highest BCUT2D eigenvalue weighted by Crippen LogP contribution is 2.26. The van der Waals surface area contributed by atoms with Crippen LogP contribution >= 0.6 is 15.9 Å². The molecule has 4 heteroatoms. The van der Waals surface area contributed by atoms with Gasteiger partial charge in [-0.1, -0.05) is 43.1 Å². The monoisotopic (exact) mass is 319 g/mol. The molecule has 0 heterocycles. The fraction of sp³-hybridized carbons (Fsp3) is 0.571. The first kappa shape index (κ1) is 15.4. The maximum absolute atomic E-state index is 13.7. The molecule has 2 atom stereocenters. The molecule has 0 amide bonds. The SMILES string of the molecule is CCC(C)CC(CC)Nc1c(F)cc(Br)cc1F. The van der Waals surface area contributed by atoms with Crippen LogP contribution in [0.2, 0.25) is 0 Å². The molecule has 0 radical (unpaired) electrons. The Bertz CT molecular complexity index is 372. The first-order valence-electron chi connectivity index (χ1n) is 6.38. The number of anilines is 1. The summed E-state index contributed by atoms with van der Waals surface area (Å²) in [6.07, 6.45) is 2.84. The van der Waals surface area contributed by atoms with Gasteiger partial charge in [-0.3, -0.25) is 0 Å².